The Labute approximate surface area is 102 Å². The van der Waals surface area contributed by atoms with E-state index in [1.807, 2.05) is 4.90 Å². The van der Waals surface area contributed by atoms with Crippen LogP contribution in [0.25, 0.3) is 11.0 Å². The molecule has 0 unspecified atom stereocenters. The van der Waals surface area contributed by atoms with Crippen molar-refractivity contribution in [2.75, 3.05) is 30.0 Å². The zero-order chi connectivity index (χ0) is 12.5. The van der Waals surface area contributed by atoms with Crippen LogP contribution in [-0.4, -0.2) is 45.7 Å². The average molecular weight is 248 g/mol. The Kier molecular flexibility index (Phi) is 2.45. The van der Waals surface area contributed by atoms with E-state index < -0.39 is 0 Å². The maximum absolute atomic E-state index is 11.4. The first-order valence-corrected chi connectivity index (χ1v) is 5.47. The monoisotopic (exact) mass is 248 g/mol. The van der Waals surface area contributed by atoms with Crippen molar-refractivity contribution >= 4 is 28.7 Å². The van der Waals surface area contributed by atoms with Crippen molar-refractivity contribution in [3.63, 3.8) is 0 Å². The van der Waals surface area contributed by atoms with Gasteiger partial charge in [-0.1, -0.05) is 0 Å². The lowest BCUT2D eigenvalue weighted by Crippen LogP contribution is -2.48. The zero-order valence-electron chi connectivity index (χ0n) is 9.47. The lowest BCUT2D eigenvalue weighted by Gasteiger charge is -2.28. The number of hydrogen-bond acceptors (Lipinski definition) is 7. The fraction of sp³-hybridized carbons (Fsp3) is 0.333. The molecule has 2 aromatic heterocycles. The van der Waals surface area contributed by atoms with E-state index in [0.717, 1.165) is 5.39 Å². The minimum atomic E-state index is -0.0289. The molecule has 3 rings (SSSR count). The molecule has 0 atom stereocenters. The first-order valence-electron chi connectivity index (χ1n) is 5.47. The van der Waals surface area contributed by atoms with Crippen LogP contribution < -0.4 is 21.5 Å². The molecule has 9 heteroatoms. The maximum Gasteiger partial charge on any atom is 0.241 e. The highest BCUT2D eigenvalue weighted by Gasteiger charge is 2.21. The highest BCUT2D eigenvalue weighted by atomic mass is 16.2. The molecule has 1 aliphatic heterocycles. The number of hydrazine groups is 1. The minimum absolute atomic E-state index is 0.0289. The standard InChI is InChI=1S/C9H12N8O/c10-15-9-13-7-5(3-12-16-7)8(14-9)17-2-1-11-6(18)4-17/h3H,1-2,4,10H2,(H,11,18)(H2,12,13,14,15,16). The molecule has 0 bridgehead atoms. The van der Waals surface area contributed by atoms with Crippen molar-refractivity contribution in [2.24, 2.45) is 5.84 Å². The highest BCUT2D eigenvalue weighted by Crippen LogP contribution is 2.23. The van der Waals surface area contributed by atoms with Crippen LogP contribution in [0, 0.1) is 0 Å². The number of nitrogen functional groups attached to an aromatic ring is 1. The number of H-pyrrole nitrogens is 1. The molecule has 0 radical (unpaired) electrons. The predicted octanol–water partition coefficient (Wildman–Crippen LogP) is -1.43. The number of aromatic nitrogens is 4. The van der Waals surface area contributed by atoms with Gasteiger partial charge in [-0.05, 0) is 0 Å². The largest absolute Gasteiger partial charge is 0.353 e. The van der Waals surface area contributed by atoms with Crippen LogP contribution in [-0.2, 0) is 4.79 Å². The summed E-state index contributed by atoms with van der Waals surface area (Å²) in [6, 6.07) is 0. The van der Waals surface area contributed by atoms with Gasteiger partial charge in [0.1, 0.15) is 5.82 Å². The normalized spacial score (nSPS) is 15.8. The van der Waals surface area contributed by atoms with Gasteiger partial charge in [-0.2, -0.15) is 15.1 Å². The topological polar surface area (TPSA) is 125 Å². The molecular formula is C9H12N8O. The number of carbonyl (C=O) groups is 1. The maximum atomic E-state index is 11.4. The molecule has 3 heterocycles. The lowest BCUT2D eigenvalue weighted by molar-refractivity contribution is -0.120. The molecule has 94 valence electrons. The van der Waals surface area contributed by atoms with Crippen molar-refractivity contribution < 1.29 is 4.79 Å². The van der Waals surface area contributed by atoms with E-state index in [-0.39, 0.29) is 18.4 Å². The van der Waals surface area contributed by atoms with Gasteiger partial charge in [0.05, 0.1) is 18.1 Å². The number of nitrogens with two attached hydrogens (primary N) is 1. The Bertz CT molecular complexity index is 593. The third-order valence-electron chi connectivity index (χ3n) is 2.76. The summed E-state index contributed by atoms with van der Waals surface area (Å²) >= 11 is 0. The fourth-order valence-corrected chi connectivity index (χ4v) is 1.94. The van der Waals surface area contributed by atoms with E-state index in [1.165, 1.54) is 0 Å². The summed E-state index contributed by atoms with van der Waals surface area (Å²) in [5, 5.41) is 10.2. The van der Waals surface area contributed by atoms with E-state index >= 15 is 0 Å². The van der Waals surface area contributed by atoms with E-state index in [2.05, 4.69) is 30.9 Å². The van der Waals surface area contributed by atoms with Crippen molar-refractivity contribution in [1.29, 1.82) is 0 Å². The number of amides is 1. The SMILES string of the molecule is NNc1nc(N2CCNC(=O)C2)c2cn[nH]c2n1. The molecule has 18 heavy (non-hydrogen) atoms. The second-order valence-electron chi connectivity index (χ2n) is 3.92. The van der Waals surface area contributed by atoms with Crippen LogP contribution in [0.15, 0.2) is 6.20 Å². The molecule has 1 aliphatic rings. The highest BCUT2D eigenvalue weighted by molar-refractivity contribution is 5.91. The summed E-state index contributed by atoms with van der Waals surface area (Å²) in [6.45, 7) is 1.54. The van der Waals surface area contributed by atoms with Crippen LogP contribution in [0.1, 0.15) is 0 Å². The van der Waals surface area contributed by atoms with Crippen molar-refractivity contribution in [1.82, 2.24) is 25.5 Å². The van der Waals surface area contributed by atoms with Crippen molar-refractivity contribution in [3.8, 4) is 0 Å². The van der Waals surface area contributed by atoms with Crippen molar-refractivity contribution in [3.05, 3.63) is 6.20 Å². The third kappa shape index (κ3) is 1.70. The van der Waals surface area contributed by atoms with Crippen molar-refractivity contribution in [2.45, 2.75) is 0 Å². The summed E-state index contributed by atoms with van der Waals surface area (Å²) in [4.78, 5) is 21.7. The molecule has 0 aromatic carbocycles. The third-order valence-corrected chi connectivity index (χ3v) is 2.76. The van der Waals surface area contributed by atoms with Crippen LogP contribution in [0.4, 0.5) is 11.8 Å². The zero-order valence-corrected chi connectivity index (χ0v) is 9.47. The smallest absolute Gasteiger partial charge is 0.241 e. The van der Waals surface area contributed by atoms with Crippen LogP contribution in [0.2, 0.25) is 0 Å². The van der Waals surface area contributed by atoms with Gasteiger partial charge in [0.2, 0.25) is 11.9 Å². The molecule has 1 fully saturated rings. The number of carbonyl (C=O) groups excluding carboxylic acids is 1. The molecule has 5 N–H and O–H groups in total. The number of piperazine rings is 1. The predicted molar refractivity (Wildman–Crippen MR) is 64.7 cm³/mol. The summed E-state index contributed by atoms with van der Waals surface area (Å²) in [5.74, 6) is 6.23. The Hall–Kier alpha value is -2.42. The molecule has 0 spiro atoms. The van der Waals surface area contributed by atoms with Gasteiger partial charge in [-0.3, -0.25) is 15.3 Å². The molecule has 1 amide bonds. The quantitative estimate of drug-likeness (QED) is 0.379. The molecular weight excluding hydrogens is 236 g/mol. The first-order chi connectivity index (χ1) is 8.78. The minimum Gasteiger partial charge on any atom is -0.353 e. The second kappa shape index (κ2) is 4.11. The number of rotatable bonds is 2. The Balaban J connectivity index is 2.08. The molecule has 2 aromatic rings. The van der Waals surface area contributed by atoms with Gasteiger partial charge in [0.15, 0.2) is 5.65 Å². The summed E-state index contributed by atoms with van der Waals surface area (Å²) < 4.78 is 0. The van der Waals surface area contributed by atoms with Crippen LogP contribution in [0.5, 0.6) is 0 Å². The number of nitrogens with zero attached hydrogens (tertiary/aromatic N) is 4. The number of anilines is 2. The van der Waals surface area contributed by atoms with Gasteiger partial charge in [-0.15, -0.1) is 0 Å². The molecule has 0 saturated carbocycles. The fourth-order valence-electron chi connectivity index (χ4n) is 1.94. The number of nitrogens with one attached hydrogen (secondary N) is 3. The van der Waals surface area contributed by atoms with Gasteiger partial charge >= 0.3 is 0 Å². The molecule has 9 nitrogen and oxygen atoms in total. The summed E-state index contributed by atoms with van der Waals surface area (Å²) in [5.41, 5.74) is 2.98. The Morgan fingerprint density at radius 1 is 1.44 bits per heavy atom. The lowest BCUT2D eigenvalue weighted by atomic mass is 10.3. The summed E-state index contributed by atoms with van der Waals surface area (Å²) in [6.07, 6.45) is 1.64. The van der Waals surface area contributed by atoms with Gasteiger partial charge in [-0.25, -0.2) is 5.84 Å². The molecule has 1 saturated heterocycles. The van der Waals surface area contributed by atoms with E-state index in [4.69, 9.17) is 5.84 Å². The van der Waals surface area contributed by atoms with E-state index in [0.29, 0.717) is 24.6 Å². The first kappa shape index (κ1) is 10.7. The van der Waals surface area contributed by atoms with Gasteiger partial charge < -0.3 is 10.2 Å². The van der Waals surface area contributed by atoms with Crippen LogP contribution in [0.3, 0.4) is 0 Å². The summed E-state index contributed by atoms with van der Waals surface area (Å²) in [7, 11) is 0. The van der Waals surface area contributed by atoms with E-state index in [1.54, 1.807) is 6.20 Å². The number of hydrogen-bond donors (Lipinski definition) is 4. The Morgan fingerprint density at radius 2 is 2.33 bits per heavy atom. The van der Waals surface area contributed by atoms with Gasteiger partial charge in [0, 0.05) is 13.1 Å². The number of fused-ring (bicyclic) bond motifs is 1. The Morgan fingerprint density at radius 3 is 3.11 bits per heavy atom. The second-order valence-corrected chi connectivity index (χ2v) is 3.92. The molecule has 0 aliphatic carbocycles. The van der Waals surface area contributed by atoms with E-state index in [9.17, 15) is 4.79 Å². The average Bonchev–Trinajstić information content (AvgIpc) is 2.85. The number of aromatic amines is 1. The van der Waals surface area contributed by atoms with Gasteiger partial charge in [0.25, 0.3) is 0 Å². The van der Waals surface area contributed by atoms with Crippen LogP contribution >= 0.6 is 0 Å².